The Morgan fingerprint density at radius 3 is 2.45 bits per heavy atom. The number of nitro groups is 1. The standard InChI is InChI=1S/C12H16ClNO5S/c1-9(2)10(8-20(13,17)18)7-19-12-6-4-3-5-11(12)14(15)16/h3-6,9-10H,7-8H2,1-2H3. The third-order valence-electron chi connectivity index (χ3n) is 2.87. The monoisotopic (exact) mass is 321 g/mol. The molecule has 6 nitrogen and oxygen atoms in total. The highest BCUT2D eigenvalue weighted by atomic mass is 35.7. The number of halogens is 1. The second-order valence-electron chi connectivity index (χ2n) is 4.75. The molecule has 0 aliphatic carbocycles. The van der Waals surface area contributed by atoms with Crippen molar-refractivity contribution in [2.24, 2.45) is 11.8 Å². The number of hydrogen-bond acceptors (Lipinski definition) is 5. The van der Waals surface area contributed by atoms with Gasteiger partial charge in [-0.05, 0) is 12.0 Å². The first-order valence-corrected chi connectivity index (χ1v) is 8.47. The van der Waals surface area contributed by atoms with Crippen LogP contribution in [0.15, 0.2) is 24.3 Å². The predicted octanol–water partition coefficient (Wildman–Crippen LogP) is 2.81. The van der Waals surface area contributed by atoms with Gasteiger partial charge in [-0.15, -0.1) is 0 Å². The van der Waals surface area contributed by atoms with Crippen molar-refractivity contribution < 1.29 is 18.1 Å². The fourth-order valence-corrected chi connectivity index (χ4v) is 3.09. The maximum atomic E-state index is 11.1. The smallest absolute Gasteiger partial charge is 0.310 e. The van der Waals surface area contributed by atoms with Crippen LogP contribution in [0.25, 0.3) is 0 Å². The number of ether oxygens (including phenoxy) is 1. The van der Waals surface area contributed by atoms with Gasteiger partial charge in [-0.25, -0.2) is 8.42 Å². The topological polar surface area (TPSA) is 86.5 Å². The lowest BCUT2D eigenvalue weighted by atomic mass is 9.99. The molecule has 0 saturated heterocycles. The maximum absolute atomic E-state index is 11.1. The number of hydrogen-bond donors (Lipinski definition) is 0. The normalized spacial score (nSPS) is 13.2. The van der Waals surface area contributed by atoms with Crippen LogP contribution in [-0.2, 0) is 9.05 Å². The molecule has 0 aliphatic rings. The lowest BCUT2D eigenvalue weighted by molar-refractivity contribution is -0.385. The minimum Gasteiger partial charge on any atom is -0.486 e. The van der Waals surface area contributed by atoms with Crippen molar-refractivity contribution in [1.82, 2.24) is 0 Å². The summed E-state index contributed by atoms with van der Waals surface area (Å²) in [6.45, 7) is 3.74. The molecule has 112 valence electrons. The van der Waals surface area contributed by atoms with E-state index in [0.29, 0.717) is 0 Å². The molecule has 0 spiro atoms. The van der Waals surface area contributed by atoms with Crippen molar-refractivity contribution in [3.05, 3.63) is 34.4 Å². The Balaban J connectivity index is 2.81. The minimum absolute atomic E-state index is 0.0197. The van der Waals surface area contributed by atoms with Gasteiger partial charge < -0.3 is 4.74 Å². The first-order chi connectivity index (χ1) is 9.20. The van der Waals surface area contributed by atoms with Crippen molar-refractivity contribution >= 4 is 25.4 Å². The van der Waals surface area contributed by atoms with E-state index < -0.39 is 14.0 Å². The summed E-state index contributed by atoms with van der Waals surface area (Å²) in [5.74, 6) is -0.425. The van der Waals surface area contributed by atoms with E-state index in [-0.39, 0.29) is 35.6 Å². The zero-order chi connectivity index (χ0) is 15.3. The molecule has 8 heteroatoms. The molecule has 1 atom stereocenters. The lowest BCUT2D eigenvalue weighted by Crippen LogP contribution is -2.24. The molecular formula is C12H16ClNO5S. The van der Waals surface area contributed by atoms with Gasteiger partial charge in [0.05, 0.1) is 17.3 Å². The summed E-state index contributed by atoms with van der Waals surface area (Å²) in [5.41, 5.74) is -0.149. The zero-order valence-electron chi connectivity index (χ0n) is 11.2. The fraction of sp³-hybridized carbons (Fsp3) is 0.500. The SMILES string of the molecule is CC(C)C(COc1ccccc1[N+](=O)[O-])CS(=O)(=O)Cl. The van der Waals surface area contributed by atoms with E-state index in [1.165, 1.54) is 18.2 Å². The van der Waals surface area contributed by atoms with Gasteiger partial charge in [-0.2, -0.15) is 0 Å². The van der Waals surface area contributed by atoms with Gasteiger partial charge in [0.1, 0.15) is 0 Å². The van der Waals surface area contributed by atoms with E-state index in [1.807, 2.05) is 13.8 Å². The summed E-state index contributed by atoms with van der Waals surface area (Å²) in [6, 6.07) is 5.96. The van der Waals surface area contributed by atoms with Gasteiger partial charge >= 0.3 is 5.69 Å². The average Bonchev–Trinajstić information content (AvgIpc) is 2.33. The van der Waals surface area contributed by atoms with Gasteiger partial charge in [0.25, 0.3) is 0 Å². The second-order valence-corrected chi connectivity index (χ2v) is 7.57. The van der Waals surface area contributed by atoms with Crippen LogP contribution in [0.2, 0.25) is 0 Å². The van der Waals surface area contributed by atoms with Crippen LogP contribution in [0, 0.1) is 22.0 Å². The van der Waals surface area contributed by atoms with E-state index in [9.17, 15) is 18.5 Å². The Bertz CT molecular complexity index is 573. The summed E-state index contributed by atoms with van der Waals surface area (Å²) in [4.78, 5) is 10.3. The third-order valence-corrected chi connectivity index (χ3v) is 4.08. The summed E-state index contributed by atoms with van der Waals surface area (Å²) in [6.07, 6.45) is 0. The van der Waals surface area contributed by atoms with Crippen molar-refractivity contribution in [2.75, 3.05) is 12.4 Å². The maximum Gasteiger partial charge on any atom is 0.310 e. The Morgan fingerprint density at radius 1 is 1.35 bits per heavy atom. The molecule has 1 aromatic rings. The van der Waals surface area contributed by atoms with E-state index >= 15 is 0 Å². The summed E-state index contributed by atoms with van der Waals surface area (Å²) >= 11 is 0. The highest BCUT2D eigenvalue weighted by molar-refractivity contribution is 8.13. The lowest BCUT2D eigenvalue weighted by Gasteiger charge is -2.19. The van der Waals surface area contributed by atoms with Gasteiger partial charge in [-0.1, -0.05) is 26.0 Å². The Morgan fingerprint density at radius 2 is 1.95 bits per heavy atom. The Kier molecular flexibility index (Phi) is 5.76. The first-order valence-electron chi connectivity index (χ1n) is 5.99. The highest BCUT2D eigenvalue weighted by Crippen LogP contribution is 2.27. The van der Waals surface area contributed by atoms with Gasteiger partial charge in [0.2, 0.25) is 9.05 Å². The number of nitro benzene ring substituents is 1. The van der Waals surface area contributed by atoms with Gasteiger partial charge in [0, 0.05) is 22.7 Å². The molecule has 0 bridgehead atoms. The molecule has 0 radical (unpaired) electrons. The van der Waals surface area contributed by atoms with Gasteiger partial charge in [0.15, 0.2) is 5.75 Å². The molecule has 0 saturated carbocycles. The van der Waals surface area contributed by atoms with E-state index in [4.69, 9.17) is 15.4 Å². The summed E-state index contributed by atoms with van der Waals surface area (Å²) in [7, 11) is 1.60. The third kappa shape index (κ3) is 5.34. The fourth-order valence-electron chi connectivity index (χ4n) is 1.62. The number of rotatable bonds is 7. The summed E-state index contributed by atoms with van der Waals surface area (Å²) in [5, 5.41) is 10.8. The minimum atomic E-state index is -3.64. The van der Waals surface area contributed by atoms with Crippen LogP contribution >= 0.6 is 10.7 Å². The molecule has 0 N–H and O–H groups in total. The molecule has 1 unspecified atom stereocenters. The quantitative estimate of drug-likeness (QED) is 0.438. The van der Waals surface area contributed by atoms with Crippen LogP contribution in [0.3, 0.4) is 0 Å². The van der Waals surface area contributed by atoms with Crippen LogP contribution in [0.5, 0.6) is 5.75 Å². The molecule has 0 heterocycles. The molecule has 20 heavy (non-hydrogen) atoms. The number of benzene rings is 1. The predicted molar refractivity (Wildman–Crippen MR) is 76.6 cm³/mol. The number of para-hydroxylation sites is 2. The van der Waals surface area contributed by atoms with Crippen molar-refractivity contribution in [2.45, 2.75) is 13.8 Å². The molecule has 0 aliphatic heterocycles. The zero-order valence-corrected chi connectivity index (χ0v) is 12.7. The van der Waals surface area contributed by atoms with Gasteiger partial charge in [-0.3, -0.25) is 10.1 Å². The van der Waals surface area contributed by atoms with Crippen LogP contribution in [0.4, 0.5) is 5.69 Å². The van der Waals surface area contributed by atoms with Crippen LogP contribution < -0.4 is 4.74 Å². The van der Waals surface area contributed by atoms with E-state index in [1.54, 1.807) is 6.07 Å². The average molecular weight is 322 g/mol. The molecule has 0 amide bonds. The highest BCUT2D eigenvalue weighted by Gasteiger charge is 2.23. The number of nitrogens with zero attached hydrogens (tertiary/aromatic N) is 1. The molecule has 1 rings (SSSR count). The van der Waals surface area contributed by atoms with Crippen molar-refractivity contribution in [3.8, 4) is 5.75 Å². The Hall–Kier alpha value is -1.34. The molecular weight excluding hydrogens is 306 g/mol. The molecule has 0 fully saturated rings. The van der Waals surface area contributed by atoms with Crippen molar-refractivity contribution in [3.63, 3.8) is 0 Å². The van der Waals surface area contributed by atoms with Crippen molar-refractivity contribution in [1.29, 1.82) is 0 Å². The molecule has 1 aromatic carbocycles. The summed E-state index contributed by atoms with van der Waals surface area (Å²) < 4.78 is 27.7. The van der Waals surface area contributed by atoms with E-state index in [2.05, 4.69) is 0 Å². The second kappa shape index (κ2) is 6.90. The largest absolute Gasteiger partial charge is 0.486 e. The molecule has 0 aromatic heterocycles. The van der Waals surface area contributed by atoms with Crippen LogP contribution in [0.1, 0.15) is 13.8 Å². The first kappa shape index (κ1) is 16.7. The Labute approximate surface area is 122 Å². The van der Waals surface area contributed by atoms with Crippen LogP contribution in [-0.4, -0.2) is 25.7 Å². The van der Waals surface area contributed by atoms with E-state index in [0.717, 1.165) is 0 Å².